The molecule has 0 aliphatic heterocycles. The quantitative estimate of drug-likeness (QED) is 0.390. The third-order valence-electron chi connectivity index (χ3n) is 2.41. The molecule has 132 valence electrons. The zero-order valence-electron chi connectivity index (χ0n) is 14.6. The number of rotatable bonds is 7. The molecule has 0 fully saturated rings. The summed E-state index contributed by atoms with van der Waals surface area (Å²) in [6, 6.07) is 3.28. The van der Waals surface area contributed by atoms with Gasteiger partial charge in [0.1, 0.15) is 22.3 Å². The maximum atomic E-state index is 10.5. The third-order valence-corrected chi connectivity index (χ3v) is 3.19. The maximum absolute atomic E-state index is 10.5. The molecule has 0 radical (unpaired) electrons. The fraction of sp³-hybridized carbons (Fsp3) is 0.471. The number of halogens is 1. The van der Waals surface area contributed by atoms with Gasteiger partial charge in [0.25, 0.3) is 0 Å². The molecule has 0 N–H and O–H groups in total. The van der Waals surface area contributed by atoms with Crippen LogP contribution in [0.4, 0.5) is 0 Å². The number of hydrogen-bond acceptors (Lipinski definition) is 5. The summed E-state index contributed by atoms with van der Waals surface area (Å²) in [4.78, 5) is 10.5. The second-order valence-electron chi connectivity index (χ2n) is 3.84. The average molecular weight is 391 g/mol. The summed E-state index contributed by atoms with van der Waals surface area (Å²) in [5, 5.41) is 0. The van der Waals surface area contributed by atoms with Crippen molar-refractivity contribution in [3.05, 3.63) is 35.3 Å². The van der Waals surface area contributed by atoms with Gasteiger partial charge in [-0.15, -0.1) is 13.2 Å². The number of methoxy groups -OCH3 is 2. The maximum Gasteiger partial charge on any atom is 0.154 e. The first-order chi connectivity index (χ1) is 11.0. The molecular weight excluding hydrogens is 364 g/mol. The molecule has 0 saturated carbocycles. The summed E-state index contributed by atoms with van der Waals surface area (Å²) in [6.45, 7) is 13.3. The standard InChI is InChI=1S/C9H9BrO3.C6H14O2.C2H4/c1-12-7-3-6(5-11)4-8(13-2)9(7)10;1-4-7-6(3)8-5-2;1-2/h3-5H,1-2H3;6H,4-5H2,1-3H3;1-2H2. The lowest BCUT2D eigenvalue weighted by molar-refractivity contribution is -0.123. The Kier molecular flexibility index (Phi) is 16.1. The third kappa shape index (κ3) is 10.1. The van der Waals surface area contributed by atoms with Crippen molar-refractivity contribution in [1.82, 2.24) is 0 Å². The van der Waals surface area contributed by atoms with Crippen LogP contribution in [0.1, 0.15) is 31.1 Å². The fourth-order valence-electron chi connectivity index (χ4n) is 1.48. The van der Waals surface area contributed by atoms with Crippen LogP contribution in [-0.4, -0.2) is 40.0 Å². The first kappa shape index (κ1) is 23.9. The van der Waals surface area contributed by atoms with Crippen LogP contribution >= 0.6 is 15.9 Å². The summed E-state index contributed by atoms with van der Waals surface area (Å²) in [5.41, 5.74) is 0.525. The lowest BCUT2D eigenvalue weighted by Gasteiger charge is -2.09. The van der Waals surface area contributed by atoms with E-state index in [1.165, 1.54) is 14.2 Å². The van der Waals surface area contributed by atoms with Gasteiger partial charge in [0.2, 0.25) is 0 Å². The Labute approximate surface area is 147 Å². The smallest absolute Gasteiger partial charge is 0.154 e. The van der Waals surface area contributed by atoms with E-state index in [1.54, 1.807) is 12.1 Å². The van der Waals surface area contributed by atoms with E-state index in [1.807, 2.05) is 20.8 Å². The second-order valence-corrected chi connectivity index (χ2v) is 4.63. The summed E-state index contributed by atoms with van der Waals surface area (Å²) < 4.78 is 20.9. The van der Waals surface area contributed by atoms with Crippen LogP contribution < -0.4 is 9.47 Å². The van der Waals surface area contributed by atoms with E-state index in [2.05, 4.69) is 29.1 Å². The van der Waals surface area contributed by atoms with Crippen LogP contribution in [0.3, 0.4) is 0 Å². The zero-order valence-corrected chi connectivity index (χ0v) is 16.1. The van der Waals surface area contributed by atoms with Crippen molar-refractivity contribution >= 4 is 22.2 Å². The van der Waals surface area contributed by atoms with Crippen LogP contribution in [0.2, 0.25) is 0 Å². The van der Waals surface area contributed by atoms with Gasteiger partial charge in [-0.25, -0.2) is 0 Å². The number of carbonyl (C=O) groups is 1. The molecule has 6 heteroatoms. The molecule has 0 atom stereocenters. The van der Waals surface area contributed by atoms with Crippen LogP contribution in [0.25, 0.3) is 0 Å². The number of hydrogen-bond donors (Lipinski definition) is 0. The molecule has 0 heterocycles. The van der Waals surface area contributed by atoms with E-state index >= 15 is 0 Å². The number of ether oxygens (including phenoxy) is 4. The minimum absolute atomic E-state index is 0.0370. The average Bonchev–Trinajstić information content (AvgIpc) is 2.58. The van der Waals surface area contributed by atoms with Gasteiger partial charge in [0.15, 0.2) is 6.29 Å². The predicted octanol–water partition coefficient (Wildman–Crippen LogP) is 4.49. The SMILES string of the molecule is C=C.CCOC(C)OCC.COc1cc(C=O)cc(OC)c1Br. The highest BCUT2D eigenvalue weighted by atomic mass is 79.9. The molecule has 0 aliphatic carbocycles. The summed E-state index contributed by atoms with van der Waals surface area (Å²) in [7, 11) is 3.07. The molecule has 0 aliphatic rings. The minimum atomic E-state index is -0.0370. The highest BCUT2D eigenvalue weighted by molar-refractivity contribution is 9.10. The Balaban J connectivity index is 0. The van der Waals surface area contributed by atoms with Crippen molar-refractivity contribution in [1.29, 1.82) is 0 Å². The van der Waals surface area contributed by atoms with Crippen LogP contribution in [0.5, 0.6) is 11.5 Å². The molecule has 1 aromatic rings. The molecule has 0 spiro atoms. The van der Waals surface area contributed by atoms with Gasteiger partial charge in [-0.05, 0) is 48.8 Å². The van der Waals surface area contributed by atoms with Gasteiger partial charge >= 0.3 is 0 Å². The topological polar surface area (TPSA) is 54.0 Å². The normalized spacial score (nSPS) is 9.17. The number of carbonyl (C=O) groups excluding carboxylic acids is 1. The highest BCUT2D eigenvalue weighted by Crippen LogP contribution is 2.34. The van der Waals surface area contributed by atoms with Gasteiger partial charge in [-0.1, -0.05) is 0 Å². The lowest BCUT2D eigenvalue weighted by Crippen LogP contribution is -2.11. The summed E-state index contributed by atoms with van der Waals surface area (Å²) >= 11 is 3.30. The molecule has 5 nitrogen and oxygen atoms in total. The Hall–Kier alpha value is -1.37. The van der Waals surface area contributed by atoms with Crippen molar-refractivity contribution in [2.45, 2.75) is 27.1 Å². The Morgan fingerprint density at radius 3 is 1.74 bits per heavy atom. The van der Waals surface area contributed by atoms with E-state index in [0.717, 1.165) is 19.5 Å². The Bertz CT molecular complexity index is 406. The van der Waals surface area contributed by atoms with Gasteiger partial charge < -0.3 is 18.9 Å². The Morgan fingerprint density at radius 1 is 1.09 bits per heavy atom. The van der Waals surface area contributed by atoms with Gasteiger partial charge in [-0.3, -0.25) is 4.79 Å². The van der Waals surface area contributed by atoms with Crippen LogP contribution in [-0.2, 0) is 9.47 Å². The summed E-state index contributed by atoms with van der Waals surface area (Å²) in [5.74, 6) is 1.17. The van der Waals surface area contributed by atoms with E-state index in [9.17, 15) is 4.79 Å². The van der Waals surface area contributed by atoms with Crippen molar-refractivity contribution in [2.75, 3.05) is 27.4 Å². The lowest BCUT2D eigenvalue weighted by atomic mass is 10.2. The number of benzene rings is 1. The molecule has 23 heavy (non-hydrogen) atoms. The molecule has 0 amide bonds. The first-order valence-electron chi connectivity index (χ1n) is 7.13. The molecule has 0 aromatic heterocycles. The largest absolute Gasteiger partial charge is 0.495 e. The monoisotopic (exact) mass is 390 g/mol. The molecule has 1 rings (SSSR count). The highest BCUT2D eigenvalue weighted by Gasteiger charge is 2.08. The van der Waals surface area contributed by atoms with Crippen molar-refractivity contribution in [2.24, 2.45) is 0 Å². The second kappa shape index (κ2) is 15.5. The van der Waals surface area contributed by atoms with E-state index in [0.29, 0.717) is 21.5 Å². The molecule has 0 bridgehead atoms. The summed E-state index contributed by atoms with van der Waals surface area (Å²) in [6.07, 6.45) is 0.710. The van der Waals surface area contributed by atoms with Crippen molar-refractivity contribution in [3.63, 3.8) is 0 Å². The molecule has 1 aromatic carbocycles. The van der Waals surface area contributed by atoms with Gasteiger partial charge in [-0.2, -0.15) is 0 Å². The van der Waals surface area contributed by atoms with E-state index in [4.69, 9.17) is 18.9 Å². The van der Waals surface area contributed by atoms with Crippen molar-refractivity contribution < 1.29 is 23.7 Å². The van der Waals surface area contributed by atoms with Crippen LogP contribution in [0.15, 0.2) is 29.8 Å². The molecule has 0 saturated heterocycles. The predicted molar refractivity (Wildman–Crippen MR) is 96.6 cm³/mol. The van der Waals surface area contributed by atoms with Gasteiger partial charge in [0.05, 0.1) is 14.2 Å². The minimum Gasteiger partial charge on any atom is -0.495 e. The van der Waals surface area contributed by atoms with Crippen molar-refractivity contribution in [3.8, 4) is 11.5 Å². The Morgan fingerprint density at radius 2 is 1.48 bits per heavy atom. The van der Waals surface area contributed by atoms with Crippen LogP contribution in [0, 0.1) is 0 Å². The van der Waals surface area contributed by atoms with Gasteiger partial charge in [0, 0.05) is 18.8 Å². The molecular formula is C17H27BrO5. The fourth-order valence-corrected chi connectivity index (χ4v) is 2.03. The zero-order chi connectivity index (χ0) is 18.3. The van der Waals surface area contributed by atoms with E-state index in [-0.39, 0.29) is 6.29 Å². The number of aldehydes is 1. The first-order valence-corrected chi connectivity index (χ1v) is 7.93. The van der Waals surface area contributed by atoms with E-state index < -0.39 is 0 Å². The molecule has 0 unspecified atom stereocenters.